The normalized spacial score (nSPS) is 16.1. The molecular formula is C15H13BrClNO2. The fourth-order valence-corrected chi connectivity index (χ4v) is 3.04. The molecule has 0 aliphatic carbocycles. The van der Waals surface area contributed by atoms with E-state index in [1.165, 1.54) is 0 Å². The molecule has 0 radical (unpaired) electrons. The number of hydrogen-bond acceptors (Lipinski definition) is 2. The number of nitrogens with zero attached hydrogens (tertiary/aromatic N) is 1. The van der Waals surface area contributed by atoms with Crippen molar-refractivity contribution in [3.63, 3.8) is 0 Å². The first-order valence-corrected chi connectivity index (χ1v) is 7.58. The highest BCUT2D eigenvalue weighted by Gasteiger charge is 2.23. The summed E-state index contributed by atoms with van der Waals surface area (Å²) in [6.07, 6.45) is 1.31. The van der Waals surface area contributed by atoms with E-state index in [9.17, 15) is 4.79 Å². The highest BCUT2D eigenvalue weighted by Crippen LogP contribution is 2.35. The molecule has 5 heteroatoms. The van der Waals surface area contributed by atoms with Gasteiger partial charge >= 0.3 is 0 Å². The van der Waals surface area contributed by atoms with Crippen molar-refractivity contribution in [2.75, 3.05) is 11.9 Å². The van der Waals surface area contributed by atoms with E-state index >= 15 is 0 Å². The molecule has 0 saturated heterocycles. The number of amides is 1. The Kier molecular flexibility index (Phi) is 3.61. The molecule has 3 nitrogen and oxygen atoms in total. The molecule has 1 aliphatic rings. The van der Waals surface area contributed by atoms with Crippen molar-refractivity contribution in [1.29, 1.82) is 0 Å². The van der Waals surface area contributed by atoms with Crippen molar-refractivity contribution in [2.24, 2.45) is 0 Å². The Morgan fingerprint density at radius 1 is 1.30 bits per heavy atom. The van der Waals surface area contributed by atoms with Gasteiger partial charge in [0.2, 0.25) is 5.91 Å². The molecule has 1 amide bonds. The summed E-state index contributed by atoms with van der Waals surface area (Å²) in [4.78, 5) is 13.4. The third-order valence-electron chi connectivity index (χ3n) is 3.58. The second-order valence-electron chi connectivity index (χ2n) is 4.85. The van der Waals surface area contributed by atoms with E-state index in [-0.39, 0.29) is 11.3 Å². The van der Waals surface area contributed by atoms with Crippen LogP contribution in [0.15, 0.2) is 39.4 Å². The molecule has 1 aromatic heterocycles. The zero-order valence-corrected chi connectivity index (χ0v) is 13.2. The molecule has 0 bridgehead atoms. The SMILES string of the molecule is CN1C(=O)CCc2cc(C(Cl)c3ccc(Br)o3)ccc21. The van der Waals surface area contributed by atoms with E-state index in [1.807, 2.05) is 31.3 Å². The zero-order chi connectivity index (χ0) is 14.3. The molecule has 1 aliphatic heterocycles. The summed E-state index contributed by atoms with van der Waals surface area (Å²) in [5.41, 5.74) is 3.10. The summed E-state index contributed by atoms with van der Waals surface area (Å²) in [5.74, 6) is 0.862. The number of benzene rings is 1. The van der Waals surface area contributed by atoms with E-state index in [0.29, 0.717) is 16.9 Å². The number of carbonyl (C=O) groups excluding carboxylic acids is 1. The maximum absolute atomic E-state index is 11.7. The Balaban J connectivity index is 1.95. The Labute approximate surface area is 130 Å². The molecule has 20 heavy (non-hydrogen) atoms. The topological polar surface area (TPSA) is 33.5 Å². The van der Waals surface area contributed by atoms with Gasteiger partial charge in [-0.1, -0.05) is 12.1 Å². The van der Waals surface area contributed by atoms with Gasteiger partial charge in [0.05, 0.1) is 0 Å². The zero-order valence-electron chi connectivity index (χ0n) is 10.9. The van der Waals surface area contributed by atoms with Gasteiger partial charge in [-0.15, -0.1) is 11.6 Å². The molecule has 0 fully saturated rings. The van der Waals surface area contributed by atoms with E-state index in [0.717, 1.165) is 23.2 Å². The van der Waals surface area contributed by atoms with Crippen LogP contribution in [0, 0.1) is 0 Å². The summed E-state index contributed by atoms with van der Waals surface area (Å²) < 4.78 is 6.17. The van der Waals surface area contributed by atoms with Crippen LogP contribution in [0.25, 0.3) is 0 Å². The van der Waals surface area contributed by atoms with Crippen LogP contribution in [-0.4, -0.2) is 13.0 Å². The van der Waals surface area contributed by atoms with Crippen LogP contribution >= 0.6 is 27.5 Å². The number of hydrogen-bond donors (Lipinski definition) is 0. The smallest absolute Gasteiger partial charge is 0.227 e. The summed E-state index contributed by atoms with van der Waals surface area (Å²) in [5, 5.41) is -0.325. The van der Waals surface area contributed by atoms with Gasteiger partial charge in [0.1, 0.15) is 11.1 Å². The fraction of sp³-hybridized carbons (Fsp3) is 0.267. The van der Waals surface area contributed by atoms with Gasteiger partial charge in [0.15, 0.2) is 4.67 Å². The number of anilines is 1. The molecule has 2 aromatic rings. The molecule has 0 spiro atoms. The first-order chi connectivity index (χ1) is 9.56. The van der Waals surface area contributed by atoms with Crippen LogP contribution in [0.3, 0.4) is 0 Å². The van der Waals surface area contributed by atoms with Gasteiger partial charge < -0.3 is 9.32 Å². The van der Waals surface area contributed by atoms with Gasteiger partial charge in [0, 0.05) is 19.2 Å². The Morgan fingerprint density at radius 2 is 2.10 bits per heavy atom. The van der Waals surface area contributed by atoms with E-state index in [2.05, 4.69) is 22.0 Å². The van der Waals surface area contributed by atoms with Crippen molar-refractivity contribution in [1.82, 2.24) is 0 Å². The monoisotopic (exact) mass is 353 g/mol. The van der Waals surface area contributed by atoms with Crippen LogP contribution in [0.5, 0.6) is 0 Å². The Bertz CT molecular complexity index is 668. The van der Waals surface area contributed by atoms with Crippen molar-refractivity contribution >= 4 is 39.1 Å². The minimum absolute atomic E-state index is 0.155. The fourth-order valence-electron chi connectivity index (χ4n) is 2.46. The lowest BCUT2D eigenvalue weighted by molar-refractivity contribution is -0.118. The van der Waals surface area contributed by atoms with E-state index in [1.54, 1.807) is 4.90 Å². The van der Waals surface area contributed by atoms with Crippen molar-refractivity contribution in [2.45, 2.75) is 18.2 Å². The number of carbonyl (C=O) groups is 1. The number of alkyl halides is 1. The highest BCUT2D eigenvalue weighted by molar-refractivity contribution is 9.10. The number of furan rings is 1. The summed E-state index contributed by atoms with van der Waals surface area (Å²) >= 11 is 9.74. The highest BCUT2D eigenvalue weighted by atomic mass is 79.9. The number of rotatable bonds is 2. The summed E-state index contributed by atoms with van der Waals surface area (Å²) in [6, 6.07) is 9.65. The molecular weight excluding hydrogens is 342 g/mol. The molecule has 0 saturated carbocycles. The quantitative estimate of drug-likeness (QED) is 0.754. The third-order valence-corrected chi connectivity index (χ3v) is 4.48. The average Bonchev–Trinajstić information content (AvgIpc) is 2.88. The molecule has 3 rings (SSSR count). The summed E-state index contributed by atoms with van der Waals surface area (Å²) in [6.45, 7) is 0. The number of fused-ring (bicyclic) bond motifs is 1. The minimum atomic E-state index is -0.325. The van der Waals surface area contributed by atoms with Gasteiger partial charge in [-0.25, -0.2) is 0 Å². The number of aryl methyl sites for hydroxylation is 1. The first-order valence-electron chi connectivity index (χ1n) is 6.35. The van der Waals surface area contributed by atoms with Crippen LogP contribution in [0.1, 0.15) is 28.7 Å². The standard InChI is InChI=1S/C15H13BrClNO2/c1-18-11-4-2-10(8-9(11)3-7-14(18)19)15(17)12-5-6-13(16)20-12/h2,4-6,8,15H,3,7H2,1H3. The van der Waals surface area contributed by atoms with Gasteiger partial charge in [-0.2, -0.15) is 0 Å². The molecule has 1 aromatic carbocycles. The van der Waals surface area contributed by atoms with Crippen LogP contribution in [0.4, 0.5) is 5.69 Å². The predicted molar refractivity (Wildman–Crippen MR) is 82.3 cm³/mol. The molecule has 0 N–H and O–H groups in total. The van der Waals surface area contributed by atoms with Gasteiger partial charge in [-0.05, 0) is 51.7 Å². The lowest BCUT2D eigenvalue weighted by Gasteiger charge is -2.26. The number of halogens is 2. The molecule has 1 unspecified atom stereocenters. The molecule has 2 heterocycles. The van der Waals surface area contributed by atoms with Gasteiger partial charge in [0.25, 0.3) is 0 Å². The second-order valence-corrected chi connectivity index (χ2v) is 6.06. The summed E-state index contributed by atoms with van der Waals surface area (Å²) in [7, 11) is 1.81. The Hall–Kier alpha value is -1.26. The van der Waals surface area contributed by atoms with Crippen LogP contribution in [-0.2, 0) is 11.2 Å². The lowest BCUT2D eigenvalue weighted by Crippen LogP contribution is -2.31. The molecule has 1 atom stereocenters. The maximum Gasteiger partial charge on any atom is 0.227 e. The van der Waals surface area contributed by atoms with E-state index < -0.39 is 0 Å². The van der Waals surface area contributed by atoms with E-state index in [4.69, 9.17) is 16.0 Å². The predicted octanol–water partition coefficient (Wildman–Crippen LogP) is 4.28. The van der Waals surface area contributed by atoms with Crippen molar-refractivity contribution < 1.29 is 9.21 Å². The van der Waals surface area contributed by atoms with Crippen molar-refractivity contribution in [3.8, 4) is 0 Å². The van der Waals surface area contributed by atoms with Crippen LogP contribution in [0.2, 0.25) is 0 Å². The largest absolute Gasteiger partial charge is 0.452 e. The Morgan fingerprint density at radius 3 is 2.80 bits per heavy atom. The minimum Gasteiger partial charge on any atom is -0.452 e. The first kappa shape index (κ1) is 13.7. The lowest BCUT2D eigenvalue weighted by atomic mass is 9.97. The third kappa shape index (κ3) is 2.38. The van der Waals surface area contributed by atoms with Gasteiger partial charge in [-0.3, -0.25) is 4.79 Å². The van der Waals surface area contributed by atoms with Crippen molar-refractivity contribution in [3.05, 3.63) is 51.9 Å². The molecule has 104 valence electrons. The maximum atomic E-state index is 11.7. The van der Waals surface area contributed by atoms with Crippen LogP contribution < -0.4 is 4.90 Å². The second kappa shape index (κ2) is 5.26. The average molecular weight is 355 g/mol.